The van der Waals surface area contributed by atoms with Gasteiger partial charge in [-0.3, -0.25) is 4.98 Å². The molecule has 3 rings (SSSR count). The largest absolute Gasteiger partial charge is 0.479 e. The summed E-state index contributed by atoms with van der Waals surface area (Å²) in [5.41, 5.74) is 2.51. The molecule has 0 spiro atoms. The lowest BCUT2D eigenvalue weighted by Crippen LogP contribution is -2.27. The van der Waals surface area contributed by atoms with Gasteiger partial charge in [-0.1, -0.05) is 53.7 Å². The molecule has 0 fully saturated rings. The number of hydrogen-bond acceptors (Lipinski definition) is 5. The van der Waals surface area contributed by atoms with Crippen LogP contribution in [0.25, 0.3) is 0 Å². The molecule has 1 heterocycles. The summed E-state index contributed by atoms with van der Waals surface area (Å²) in [5.74, 6) is -0.421. The molecule has 1 N–H and O–H groups in total. The van der Waals surface area contributed by atoms with Crippen LogP contribution in [0, 0.1) is 0 Å². The van der Waals surface area contributed by atoms with Gasteiger partial charge in [0.05, 0.1) is 0 Å². The highest BCUT2D eigenvalue weighted by atomic mass is 16.6. The van der Waals surface area contributed by atoms with Gasteiger partial charge in [0, 0.05) is 23.5 Å². The molecule has 0 saturated carbocycles. The molecule has 0 bridgehead atoms. The van der Waals surface area contributed by atoms with E-state index in [2.05, 4.69) is 10.1 Å². The minimum absolute atomic E-state index is 0.383. The second kappa shape index (κ2) is 11.4. The number of benzene rings is 2. The smallest absolute Gasteiger partial charge is 0.344 e. The number of nitrogens with zero attached hydrogens (tertiary/aromatic N) is 2. The number of para-hydroxylation sites is 1. The van der Waals surface area contributed by atoms with Gasteiger partial charge in [0.1, 0.15) is 18.1 Å². The van der Waals surface area contributed by atoms with Crippen molar-refractivity contribution in [2.45, 2.75) is 25.4 Å². The van der Waals surface area contributed by atoms with Crippen LogP contribution < -0.4 is 4.74 Å². The first-order valence-corrected chi connectivity index (χ1v) is 9.84. The highest BCUT2D eigenvalue weighted by molar-refractivity contribution is 6.12. The molecule has 1 aromatic heterocycles. The van der Waals surface area contributed by atoms with Gasteiger partial charge in [-0.25, -0.2) is 4.79 Å². The molecule has 6 nitrogen and oxygen atoms in total. The average Bonchev–Trinajstić information content (AvgIpc) is 2.79. The Bertz CT molecular complexity index is 890. The summed E-state index contributed by atoms with van der Waals surface area (Å²) in [4.78, 5) is 21.1. The van der Waals surface area contributed by atoms with E-state index in [9.17, 15) is 9.90 Å². The van der Waals surface area contributed by atoms with Gasteiger partial charge >= 0.3 is 5.97 Å². The monoisotopic (exact) mass is 404 g/mol. The quantitative estimate of drug-likeness (QED) is 0.288. The van der Waals surface area contributed by atoms with Crippen LogP contribution in [0.3, 0.4) is 0 Å². The SMILES string of the molecule is O=C(O)C(CCCCON=C(c1ccccc1)c1cccnc1)Oc1ccccc1. The first-order valence-electron chi connectivity index (χ1n) is 9.84. The molecule has 3 aromatic rings. The molecule has 2 aromatic carbocycles. The van der Waals surface area contributed by atoms with Gasteiger partial charge in [-0.05, 0) is 43.5 Å². The maximum atomic E-state index is 11.4. The number of oxime groups is 1. The zero-order chi connectivity index (χ0) is 21.0. The zero-order valence-corrected chi connectivity index (χ0v) is 16.6. The Morgan fingerprint density at radius 3 is 2.30 bits per heavy atom. The average molecular weight is 404 g/mol. The predicted octanol–water partition coefficient (Wildman–Crippen LogP) is 4.55. The molecule has 0 amide bonds. The van der Waals surface area contributed by atoms with E-state index in [1.807, 2.05) is 60.7 Å². The van der Waals surface area contributed by atoms with Crippen molar-refractivity contribution in [3.63, 3.8) is 0 Å². The van der Waals surface area contributed by atoms with Crippen molar-refractivity contribution < 1.29 is 19.5 Å². The fourth-order valence-corrected chi connectivity index (χ4v) is 2.87. The maximum absolute atomic E-state index is 11.4. The number of aliphatic carboxylic acids is 1. The molecule has 0 aliphatic heterocycles. The number of ether oxygens (including phenoxy) is 1. The van der Waals surface area contributed by atoms with E-state index in [0.29, 0.717) is 37.3 Å². The van der Waals surface area contributed by atoms with Crippen molar-refractivity contribution in [1.29, 1.82) is 0 Å². The van der Waals surface area contributed by atoms with Gasteiger partial charge in [0.15, 0.2) is 6.10 Å². The van der Waals surface area contributed by atoms with Gasteiger partial charge in [0.25, 0.3) is 0 Å². The number of rotatable bonds is 11. The third kappa shape index (κ3) is 6.44. The zero-order valence-electron chi connectivity index (χ0n) is 16.6. The van der Waals surface area contributed by atoms with Gasteiger partial charge < -0.3 is 14.7 Å². The lowest BCUT2D eigenvalue weighted by Gasteiger charge is -2.14. The van der Waals surface area contributed by atoms with Crippen molar-refractivity contribution >= 4 is 11.7 Å². The molecule has 0 radical (unpaired) electrons. The highest BCUT2D eigenvalue weighted by Gasteiger charge is 2.18. The molecule has 154 valence electrons. The summed E-state index contributed by atoms with van der Waals surface area (Å²) in [6.07, 6.45) is 4.28. The Hall–Kier alpha value is -3.67. The number of unbranched alkanes of at least 4 members (excludes halogenated alkanes) is 1. The van der Waals surface area contributed by atoms with Gasteiger partial charge in [0.2, 0.25) is 0 Å². The second-order valence-corrected chi connectivity index (χ2v) is 6.63. The van der Waals surface area contributed by atoms with Gasteiger partial charge in [-0.15, -0.1) is 0 Å². The summed E-state index contributed by atoms with van der Waals surface area (Å²) >= 11 is 0. The second-order valence-electron chi connectivity index (χ2n) is 6.63. The van der Waals surface area contributed by atoms with Gasteiger partial charge in [-0.2, -0.15) is 0 Å². The van der Waals surface area contributed by atoms with Crippen LogP contribution in [0.2, 0.25) is 0 Å². The van der Waals surface area contributed by atoms with Crippen LogP contribution in [-0.2, 0) is 9.63 Å². The lowest BCUT2D eigenvalue weighted by atomic mass is 10.0. The molecule has 0 saturated heterocycles. The molecule has 1 atom stereocenters. The number of pyridine rings is 1. The topological polar surface area (TPSA) is 81.0 Å². The van der Waals surface area contributed by atoms with Crippen molar-refractivity contribution in [3.8, 4) is 5.75 Å². The van der Waals surface area contributed by atoms with Crippen molar-refractivity contribution in [2.75, 3.05) is 6.61 Å². The Balaban J connectivity index is 1.51. The summed E-state index contributed by atoms with van der Waals surface area (Å²) < 4.78 is 5.56. The lowest BCUT2D eigenvalue weighted by molar-refractivity contribution is -0.145. The van der Waals surface area contributed by atoms with E-state index in [1.54, 1.807) is 24.5 Å². The standard InChI is InChI=1S/C24H24N2O4/c27-24(28)22(30-21-13-5-2-6-14-21)15-7-8-17-29-26-23(19-10-3-1-4-11-19)20-12-9-16-25-18-20/h1-6,9-14,16,18,22H,7-8,15,17H2,(H,27,28). The predicted molar refractivity (Wildman–Crippen MR) is 115 cm³/mol. The minimum Gasteiger partial charge on any atom is -0.479 e. The normalized spacial score (nSPS) is 12.2. The first-order chi connectivity index (χ1) is 14.7. The summed E-state index contributed by atoms with van der Waals surface area (Å²) in [6.45, 7) is 0.383. The molecule has 6 heteroatoms. The number of carbonyl (C=O) groups is 1. The van der Waals surface area contributed by atoms with Crippen molar-refractivity contribution in [2.24, 2.45) is 5.16 Å². The van der Waals surface area contributed by atoms with Crippen LogP contribution in [0.1, 0.15) is 30.4 Å². The summed E-state index contributed by atoms with van der Waals surface area (Å²) in [5, 5.41) is 13.7. The number of carboxylic acids is 1. The molecule has 30 heavy (non-hydrogen) atoms. The van der Waals surface area contributed by atoms with E-state index in [4.69, 9.17) is 9.57 Å². The third-order valence-corrected chi connectivity index (χ3v) is 4.39. The fourth-order valence-electron chi connectivity index (χ4n) is 2.87. The molecular weight excluding hydrogens is 380 g/mol. The molecule has 0 aliphatic carbocycles. The minimum atomic E-state index is -0.972. The van der Waals surface area contributed by atoms with E-state index >= 15 is 0 Å². The third-order valence-electron chi connectivity index (χ3n) is 4.39. The summed E-state index contributed by atoms with van der Waals surface area (Å²) in [7, 11) is 0. The fraction of sp³-hybridized carbons (Fsp3) is 0.208. The van der Waals surface area contributed by atoms with Crippen molar-refractivity contribution in [3.05, 3.63) is 96.3 Å². The number of aromatic nitrogens is 1. The van der Waals surface area contributed by atoms with E-state index < -0.39 is 12.1 Å². The number of carboxylic acid groups (broad SMARTS) is 1. The van der Waals surface area contributed by atoms with Crippen LogP contribution >= 0.6 is 0 Å². The first kappa shape index (κ1) is 21.0. The Morgan fingerprint density at radius 2 is 1.63 bits per heavy atom. The van der Waals surface area contributed by atoms with Crippen molar-refractivity contribution in [1.82, 2.24) is 4.98 Å². The van der Waals surface area contributed by atoms with E-state index in [0.717, 1.165) is 11.1 Å². The Morgan fingerprint density at radius 1 is 0.933 bits per heavy atom. The van der Waals surface area contributed by atoms with Crippen LogP contribution in [0.5, 0.6) is 5.75 Å². The van der Waals surface area contributed by atoms with E-state index in [1.165, 1.54) is 0 Å². The van der Waals surface area contributed by atoms with E-state index in [-0.39, 0.29) is 0 Å². The molecular formula is C24H24N2O4. The molecule has 1 unspecified atom stereocenters. The molecule has 0 aliphatic rings. The Kier molecular flexibility index (Phi) is 7.97. The van der Waals surface area contributed by atoms with Crippen LogP contribution in [-0.4, -0.2) is 34.5 Å². The summed E-state index contributed by atoms with van der Waals surface area (Å²) in [6, 6.07) is 22.5. The van der Waals surface area contributed by atoms with Crippen LogP contribution in [0.15, 0.2) is 90.3 Å². The maximum Gasteiger partial charge on any atom is 0.344 e. The Labute approximate surface area is 175 Å². The highest BCUT2D eigenvalue weighted by Crippen LogP contribution is 2.15. The number of hydrogen-bond donors (Lipinski definition) is 1. The van der Waals surface area contributed by atoms with Crippen LogP contribution in [0.4, 0.5) is 0 Å².